The summed E-state index contributed by atoms with van der Waals surface area (Å²) >= 11 is 0. The van der Waals surface area contributed by atoms with Crippen LogP contribution in [0.5, 0.6) is 0 Å². The first-order chi connectivity index (χ1) is 9.90. The number of aliphatic imine (C=N–C) groups is 1. The van der Waals surface area contributed by atoms with Gasteiger partial charge in [-0.1, -0.05) is 24.3 Å². The second kappa shape index (κ2) is 4.72. The minimum Gasteiger partial charge on any atom is -0.377 e. The SMILES string of the molecule is c1ccc2c(c1)CN=C2c1ccnc(NC2COC2)c1. The molecule has 2 aromatic rings. The molecule has 0 amide bonds. The van der Waals surface area contributed by atoms with Crippen LogP contribution in [0.25, 0.3) is 0 Å². The zero-order valence-corrected chi connectivity index (χ0v) is 11.0. The summed E-state index contributed by atoms with van der Waals surface area (Å²) in [5, 5.41) is 3.38. The molecule has 1 fully saturated rings. The first kappa shape index (κ1) is 11.6. The van der Waals surface area contributed by atoms with E-state index in [-0.39, 0.29) is 0 Å². The van der Waals surface area contributed by atoms with E-state index in [1.165, 1.54) is 11.1 Å². The predicted octanol–water partition coefficient (Wildman–Crippen LogP) is 2.24. The normalized spacial score (nSPS) is 17.3. The summed E-state index contributed by atoms with van der Waals surface area (Å²) in [5.74, 6) is 0.892. The number of nitrogens with one attached hydrogen (secondary N) is 1. The van der Waals surface area contributed by atoms with Gasteiger partial charge in [-0.3, -0.25) is 4.99 Å². The molecule has 0 spiro atoms. The monoisotopic (exact) mass is 265 g/mol. The van der Waals surface area contributed by atoms with Gasteiger partial charge in [0.1, 0.15) is 5.82 Å². The third-order valence-corrected chi connectivity index (χ3v) is 3.70. The van der Waals surface area contributed by atoms with Crippen LogP contribution in [0, 0.1) is 0 Å². The van der Waals surface area contributed by atoms with Gasteiger partial charge in [0, 0.05) is 17.3 Å². The molecule has 100 valence electrons. The van der Waals surface area contributed by atoms with E-state index in [1.54, 1.807) is 0 Å². The number of rotatable bonds is 3. The van der Waals surface area contributed by atoms with Crippen LogP contribution < -0.4 is 5.32 Å². The van der Waals surface area contributed by atoms with Gasteiger partial charge < -0.3 is 10.1 Å². The van der Waals surface area contributed by atoms with Crippen LogP contribution in [0.4, 0.5) is 5.82 Å². The maximum Gasteiger partial charge on any atom is 0.126 e. The van der Waals surface area contributed by atoms with E-state index in [1.807, 2.05) is 12.3 Å². The Balaban J connectivity index is 1.64. The average Bonchev–Trinajstić information content (AvgIpc) is 2.87. The highest BCUT2D eigenvalue weighted by molar-refractivity contribution is 6.15. The molecule has 1 aromatic heterocycles. The largest absolute Gasteiger partial charge is 0.377 e. The lowest BCUT2D eigenvalue weighted by Gasteiger charge is -2.27. The number of nitrogens with zero attached hydrogens (tertiary/aromatic N) is 2. The predicted molar refractivity (Wildman–Crippen MR) is 78.3 cm³/mol. The first-order valence-corrected chi connectivity index (χ1v) is 6.83. The summed E-state index contributed by atoms with van der Waals surface area (Å²) in [4.78, 5) is 9.03. The van der Waals surface area contributed by atoms with Gasteiger partial charge in [0.05, 0.1) is 31.5 Å². The molecule has 4 nitrogen and oxygen atoms in total. The van der Waals surface area contributed by atoms with E-state index >= 15 is 0 Å². The third kappa shape index (κ3) is 1.98. The lowest BCUT2D eigenvalue weighted by atomic mass is 10.0. The molecule has 2 aliphatic heterocycles. The van der Waals surface area contributed by atoms with Crippen molar-refractivity contribution >= 4 is 11.5 Å². The van der Waals surface area contributed by atoms with Crippen LogP contribution >= 0.6 is 0 Å². The summed E-state index contributed by atoms with van der Waals surface area (Å²) in [7, 11) is 0. The number of fused-ring (bicyclic) bond motifs is 1. The third-order valence-electron chi connectivity index (χ3n) is 3.70. The fourth-order valence-electron chi connectivity index (χ4n) is 2.57. The van der Waals surface area contributed by atoms with Crippen molar-refractivity contribution in [3.8, 4) is 0 Å². The number of pyridine rings is 1. The molecule has 0 unspecified atom stereocenters. The van der Waals surface area contributed by atoms with E-state index in [4.69, 9.17) is 4.74 Å². The molecule has 1 saturated heterocycles. The van der Waals surface area contributed by atoms with Crippen molar-refractivity contribution in [2.24, 2.45) is 4.99 Å². The van der Waals surface area contributed by atoms with Gasteiger partial charge in [-0.15, -0.1) is 0 Å². The maximum atomic E-state index is 5.17. The molecule has 4 rings (SSSR count). The van der Waals surface area contributed by atoms with E-state index in [9.17, 15) is 0 Å². The topological polar surface area (TPSA) is 46.5 Å². The molecular weight excluding hydrogens is 250 g/mol. The van der Waals surface area contributed by atoms with Crippen molar-refractivity contribution < 1.29 is 4.74 Å². The molecule has 0 atom stereocenters. The Morgan fingerprint density at radius 3 is 2.90 bits per heavy atom. The minimum absolute atomic E-state index is 0.385. The highest BCUT2D eigenvalue weighted by atomic mass is 16.5. The summed E-state index contributed by atoms with van der Waals surface area (Å²) in [6.45, 7) is 2.29. The molecule has 1 aromatic carbocycles. The van der Waals surface area contributed by atoms with Crippen molar-refractivity contribution in [2.75, 3.05) is 18.5 Å². The quantitative estimate of drug-likeness (QED) is 0.925. The van der Waals surface area contributed by atoms with Gasteiger partial charge in [-0.2, -0.15) is 0 Å². The Labute approximate surface area is 117 Å². The molecule has 2 aliphatic rings. The highest BCUT2D eigenvalue weighted by Crippen LogP contribution is 2.23. The van der Waals surface area contributed by atoms with Crippen LogP contribution in [-0.4, -0.2) is 30.0 Å². The number of aromatic nitrogens is 1. The summed E-state index contributed by atoms with van der Waals surface area (Å²) in [6.07, 6.45) is 1.83. The van der Waals surface area contributed by atoms with Crippen molar-refractivity contribution in [2.45, 2.75) is 12.6 Å². The second-order valence-electron chi connectivity index (χ2n) is 5.13. The van der Waals surface area contributed by atoms with Gasteiger partial charge in [0.15, 0.2) is 0 Å². The van der Waals surface area contributed by atoms with Crippen LogP contribution in [0.2, 0.25) is 0 Å². The van der Waals surface area contributed by atoms with Crippen molar-refractivity contribution in [3.05, 3.63) is 59.3 Å². The van der Waals surface area contributed by atoms with Crippen LogP contribution in [0.1, 0.15) is 16.7 Å². The molecule has 1 N–H and O–H groups in total. The standard InChI is InChI=1S/C16H15N3O/c1-2-4-14-12(3-1)8-18-16(14)11-5-6-17-15(7-11)19-13-9-20-10-13/h1-7,13H,8-10H2,(H,17,19). The van der Waals surface area contributed by atoms with Crippen molar-refractivity contribution in [1.82, 2.24) is 4.98 Å². The fourth-order valence-corrected chi connectivity index (χ4v) is 2.57. The number of anilines is 1. The van der Waals surface area contributed by atoms with Crippen molar-refractivity contribution in [1.29, 1.82) is 0 Å². The first-order valence-electron chi connectivity index (χ1n) is 6.83. The van der Waals surface area contributed by atoms with Crippen LogP contribution in [-0.2, 0) is 11.3 Å². The number of hydrogen-bond acceptors (Lipinski definition) is 4. The second-order valence-corrected chi connectivity index (χ2v) is 5.13. The van der Waals surface area contributed by atoms with E-state index in [2.05, 4.69) is 45.6 Å². The van der Waals surface area contributed by atoms with Gasteiger partial charge in [-0.05, 0) is 17.7 Å². The Morgan fingerprint density at radius 2 is 2.05 bits per heavy atom. The van der Waals surface area contributed by atoms with E-state index < -0.39 is 0 Å². The minimum atomic E-state index is 0.385. The summed E-state index contributed by atoms with van der Waals surface area (Å²) in [5.41, 5.74) is 4.71. The van der Waals surface area contributed by atoms with E-state index in [0.29, 0.717) is 6.04 Å². The smallest absolute Gasteiger partial charge is 0.126 e. The van der Waals surface area contributed by atoms with Crippen LogP contribution in [0.15, 0.2) is 47.6 Å². The molecule has 0 saturated carbocycles. The van der Waals surface area contributed by atoms with Gasteiger partial charge >= 0.3 is 0 Å². The van der Waals surface area contributed by atoms with Crippen molar-refractivity contribution in [3.63, 3.8) is 0 Å². The van der Waals surface area contributed by atoms with Gasteiger partial charge in [0.2, 0.25) is 0 Å². The molecule has 3 heterocycles. The average molecular weight is 265 g/mol. The zero-order chi connectivity index (χ0) is 13.4. The molecule has 20 heavy (non-hydrogen) atoms. The number of ether oxygens (including phenoxy) is 1. The maximum absolute atomic E-state index is 5.17. The lowest BCUT2D eigenvalue weighted by molar-refractivity contribution is 0.0209. The fraction of sp³-hybridized carbons (Fsp3) is 0.250. The van der Waals surface area contributed by atoms with E-state index in [0.717, 1.165) is 36.9 Å². The zero-order valence-electron chi connectivity index (χ0n) is 11.0. The Hall–Kier alpha value is -2.20. The highest BCUT2D eigenvalue weighted by Gasteiger charge is 2.20. The van der Waals surface area contributed by atoms with Gasteiger partial charge in [-0.25, -0.2) is 4.98 Å². The molecule has 0 bridgehead atoms. The van der Waals surface area contributed by atoms with Gasteiger partial charge in [0.25, 0.3) is 0 Å². The molecule has 4 heteroatoms. The molecular formula is C16H15N3O. The molecule has 0 aliphatic carbocycles. The number of hydrogen-bond donors (Lipinski definition) is 1. The molecule has 0 radical (unpaired) electrons. The summed E-state index contributed by atoms with van der Waals surface area (Å²) in [6, 6.07) is 12.9. The number of benzene rings is 1. The Bertz CT molecular complexity index is 677. The Morgan fingerprint density at radius 1 is 1.15 bits per heavy atom. The Kier molecular flexibility index (Phi) is 2.74. The van der Waals surface area contributed by atoms with Crippen LogP contribution in [0.3, 0.4) is 0 Å². The lowest BCUT2D eigenvalue weighted by Crippen LogP contribution is -2.40. The summed E-state index contributed by atoms with van der Waals surface area (Å²) < 4.78 is 5.17.